The summed E-state index contributed by atoms with van der Waals surface area (Å²) in [6, 6.07) is 0. The Morgan fingerprint density at radius 2 is 1.86 bits per heavy atom. The maximum Gasteiger partial charge on any atom is 0.00640 e. The number of hydrogen-bond acceptors (Lipinski definition) is 0. The van der Waals surface area contributed by atoms with Crippen LogP contribution in [0.1, 0.15) is 46.0 Å². The molecule has 0 amide bonds. The van der Waals surface area contributed by atoms with Gasteiger partial charge in [0.2, 0.25) is 0 Å². The summed E-state index contributed by atoms with van der Waals surface area (Å²) in [6.45, 7) is 9.24. The third-order valence-electron chi connectivity index (χ3n) is 4.88. The number of rotatable bonds is 0. The highest BCUT2D eigenvalue weighted by atomic mass is 14.6. The number of allylic oxidation sites excluding steroid dienone is 3. The van der Waals surface area contributed by atoms with Gasteiger partial charge in [-0.2, -0.15) is 0 Å². The Bertz CT molecular complexity index is 330. The molecule has 0 aromatic heterocycles. The molecule has 3 aliphatic rings. The largest absolute Gasteiger partial charge is 0.0992 e. The summed E-state index contributed by atoms with van der Waals surface area (Å²) < 4.78 is 0. The van der Waals surface area contributed by atoms with E-state index in [1.54, 1.807) is 0 Å². The van der Waals surface area contributed by atoms with Crippen LogP contribution in [0.25, 0.3) is 0 Å². The van der Waals surface area contributed by atoms with Crippen LogP contribution in [0, 0.1) is 17.3 Å². The van der Waals surface area contributed by atoms with E-state index in [0.29, 0.717) is 5.41 Å². The van der Waals surface area contributed by atoms with Gasteiger partial charge >= 0.3 is 0 Å². The lowest BCUT2D eigenvalue weighted by Crippen LogP contribution is -2.33. The van der Waals surface area contributed by atoms with E-state index in [9.17, 15) is 0 Å². The molecule has 0 heteroatoms. The van der Waals surface area contributed by atoms with Gasteiger partial charge < -0.3 is 0 Å². The van der Waals surface area contributed by atoms with Crippen LogP contribution in [-0.2, 0) is 0 Å². The van der Waals surface area contributed by atoms with Gasteiger partial charge in [0, 0.05) is 5.92 Å². The van der Waals surface area contributed by atoms with Gasteiger partial charge in [-0.3, -0.25) is 0 Å². The van der Waals surface area contributed by atoms with Crippen LogP contribution in [0.2, 0.25) is 0 Å². The van der Waals surface area contributed by atoms with Crippen molar-refractivity contribution in [2.45, 2.75) is 46.0 Å². The molecular weight excluding hydrogens is 168 g/mol. The topological polar surface area (TPSA) is 0 Å². The molecular formula is C14H20. The molecule has 0 nitrogen and oxygen atoms in total. The smallest absolute Gasteiger partial charge is 0.00640 e. The SMILES string of the molecule is C=C1CCC2C3=C(CCC3)C1C2(C)C. The van der Waals surface area contributed by atoms with E-state index in [-0.39, 0.29) is 0 Å². The van der Waals surface area contributed by atoms with Crippen molar-refractivity contribution in [2.24, 2.45) is 17.3 Å². The lowest BCUT2D eigenvalue weighted by atomic mass is 9.62. The Kier molecular flexibility index (Phi) is 1.59. The third-order valence-corrected chi connectivity index (χ3v) is 4.88. The zero-order chi connectivity index (χ0) is 9.92. The first-order valence-electron chi connectivity index (χ1n) is 6.02. The molecule has 0 heterocycles. The Labute approximate surface area is 87.1 Å². The molecule has 2 atom stereocenters. The van der Waals surface area contributed by atoms with Crippen molar-refractivity contribution in [3.63, 3.8) is 0 Å². The minimum absolute atomic E-state index is 0.500. The molecule has 76 valence electrons. The van der Waals surface area contributed by atoms with Gasteiger partial charge in [0.1, 0.15) is 0 Å². The van der Waals surface area contributed by atoms with Gasteiger partial charge in [0.05, 0.1) is 0 Å². The molecule has 0 aromatic carbocycles. The summed E-state index contributed by atoms with van der Waals surface area (Å²) in [4.78, 5) is 0. The number of hydrogen-bond donors (Lipinski definition) is 0. The van der Waals surface area contributed by atoms with Gasteiger partial charge in [-0.05, 0) is 43.4 Å². The lowest BCUT2D eigenvalue weighted by molar-refractivity contribution is 0.170. The number of fused-ring (bicyclic) bond motifs is 4. The first-order chi connectivity index (χ1) is 6.62. The molecule has 1 fully saturated rings. The van der Waals surface area contributed by atoms with Crippen molar-refractivity contribution in [1.82, 2.24) is 0 Å². The minimum Gasteiger partial charge on any atom is -0.0992 e. The second-order valence-electron chi connectivity index (χ2n) is 5.91. The summed E-state index contributed by atoms with van der Waals surface area (Å²) in [7, 11) is 0. The van der Waals surface area contributed by atoms with E-state index in [0.717, 1.165) is 11.8 Å². The molecule has 0 radical (unpaired) electrons. The predicted octanol–water partition coefficient (Wildman–Crippen LogP) is 4.09. The fraction of sp³-hybridized carbons (Fsp3) is 0.714. The first kappa shape index (κ1) is 8.76. The molecule has 0 aromatic rings. The zero-order valence-electron chi connectivity index (χ0n) is 9.40. The molecule has 0 spiro atoms. The normalized spacial score (nSPS) is 39.1. The molecule has 14 heavy (non-hydrogen) atoms. The molecule has 2 unspecified atom stereocenters. The van der Waals surface area contributed by atoms with E-state index < -0.39 is 0 Å². The molecule has 3 aliphatic carbocycles. The van der Waals surface area contributed by atoms with E-state index in [1.165, 1.54) is 37.7 Å². The van der Waals surface area contributed by atoms with Gasteiger partial charge in [-0.25, -0.2) is 0 Å². The fourth-order valence-corrected chi connectivity index (χ4v) is 4.41. The Morgan fingerprint density at radius 1 is 1.14 bits per heavy atom. The van der Waals surface area contributed by atoms with Gasteiger partial charge in [0.15, 0.2) is 0 Å². The molecule has 1 saturated carbocycles. The van der Waals surface area contributed by atoms with Crippen LogP contribution in [0.15, 0.2) is 23.3 Å². The predicted molar refractivity (Wildman–Crippen MR) is 60.0 cm³/mol. The summed E-state index contributed by atoms with van der Waals surface area (Å²) in [6.07, 6.45) is 6.85. The standard InChI is InChI=1S/C14H20/c1-9-7-8-12-10-5-4-6-11(10)13(9)14(12,2)3/h12-13H,1,4-8H2,2-3H3. The molecule has 2 bridgehead atoms. The van der Waals surface area contributed by atoms with Crippen molar-refractivity contribution >= 4 is 0 Å². The zero-order valence-corrected chi connectivity index (χ0v) is 9.40. The van der Waals surface area contributed by atoms with Crippen molar-refractivity contribution in [1.29, 1.82) is 0 Å². The summed E-state index contributed by atoms with van der Waals surface area (Å²) in [5, 5.41) is 0. The van der Waals surface area contributed by atoms with Gasteiger partial charge in [-0.15, -0.1) is 0 Å². The van der Waals surface area contributed by atoms with Crippen LogP contribution in [0.4, 0.5) is 0 Å². The highest BCUT2D eigenvalue weighted by molar-refractivity contribution is 5.41. The van der Waals surface area contributed by atoms with Crippen molar-refractivity contribution < 1.29 is 0 Å². The Hall–Kier alpha value is -0.520. The van der Waals surface area contributed by atoms with Crippen LogP contribution in [-0.4, -0.2) is 0 Å². The average molecular weight is 188 g/mol. The maximum absolute atomic E-state index is 4.31. The second kappa shape index (κ2) is 2.53. The van der Waals surface area contributed by atoms with Crippen LogP contribution >= 0.6 is 0 Å². The third kappa shape index (κ3) is 0.852. The van der Waals surface area contributed by atoms with E-state index >= 15 is 0 Å². The highest BCUT2D eigenvalue weighted by Gasteiger charge is 2.52. The van der Waals surface area contributed by atoms with Crippen LogP contribution < -0.4 is 0 Å². The van der Waals surface area contributed by atoms with Crippen molar-refractivity contribution in [3.8, 4) is 0 Å². The van der Waals surface area contributed by atoms with Crippen LogP contribution in [0.3, 0.4) is 0 Å². The maximum atomic E-state index is 4.31. The van der Waals surface area contributed by atoms with Crippen LogP contribution in [0.5, 0.6) is 0 Å². The monoisotopic (exact) mass is 188 g/mol. The van der Waals surface area contributed by atoms with Crippen molar-refractivity contribution in [2.75, 3.05) is 0 Å². The van der Waals surface area contributed by atoms with E-state index in [1.807, 2.05) is 11.1 Å². The second-order valence-corrected chi connectivity index (χ2v) is 5.91. The van der Waals surface area contributed by atoms with Gasteiger partial charge in [-0.1, -0.05) is 37.1 Å². The fourth-order valence-electron chi connectivity index (χ4n) is 4.41. The van der Waals surface area contributed by atoms with E-state index in [4.69, 9.17) is 0 Å². The Balaban J connectivity index is 2.12. The first-order valence-corrected chi connectivity index (χ1v) is 6.02. The highest BCUT2D eigenvalue weighted by Crippen LogP contribution is 2.63. The lowest BCUT2D eigenvalue weighted by Gasteiger charge is -2.42. The molecule has 0 saturated heterocycles. The van der Waals surface area contributed by atoms with Gasteiger partial charge in [0.25, 0.3) is 0 Å². The Morgan fingerprint density at radius 3 is 2.64 bits per heavy atom. The molecule has 0 aliphatic heterocycles. The van der Waals surface area contributed by atoms with Crippen molar-refractivity contribution in [3.05, 3.63) is 23.3 Å². The summed E-state index contributed by atoms with van der Waals surface area (Å²) in [5.41, 5.74) is 5.68. The summed E-state index contributed by atoms with van der Waals surface area (Å²) >= 11 is 0. The molecule has 3 rings (SSSR count). The quantitative estimate of drug-likeness (QED) is 0.502. The summed E-state index contributed by atoms with van der Waals surface area (Å²) in [5.74, 6) is 1.65. The minimum atomic E-state index is 0.500. The molecule has 0 N–H and O–H groups in total. The van der Waals surface area contributed by atoms with E-state index in [2.05, 4.69) is 20.4 Å². The average Bonchev–Trinajstić information content (AvgIpc) is 2.55.